The minimum absolute atomic E-state index is 0.399. The van der Waals surface area contributed by atoms with Crippen molar-refractivity contribution in [3.63, 3.8) is 0 Å². The normalized spacial score (nSPS) is 10.8. The van der Waals surface area contributed by atoms with Crippen LogP contribution in [0.5, 0.6) is 0 Å². The molecule has 19 heavy (non-hydrogen) atoms. The molecule has 0 amide bonds. The van der Waals surface area contributed by atoms with Crippen LogP contribution in [0.2, 0.25) is 10.0 Å². The summed E-state index contributed by atoms with van der Waals surface area (Å²) in [5, 5.41) is 0.843. The smallest absolute Gasteiger partial charge is 0.169 e. The lowest BCUT2D eigenvalue weighted by atomic mass is 10.2. The summed E-state index contributed by atoms with van der Waals surface area (Å²) >= 11 is 12.0. The molecule has 0 aliphatic heterocycles. The van der Waals surface area contributed by atoms with Crippen LogP contribution in [0.15, 0.2) is 36.8 Å². The molecule has 0 radical (unpaired) electrons. The van der Waals surface area contributed by atoms with Crippen molar-refractivity contribution in [1.29, 1.82) is 0 Å². The molecular weight excluding hydrogens is 285 g/mol. The Morgan fingerprint density at radius 1 is 1.21 bits per heavy atom. The van der Waals surface area contributed by atoms with Crippen LogP contribution in [0, 0.1) is 0 Å². The van der Waals surface area contributed by atoms with Gasteiger partial charge in [0.15, 0.2) is 11.9 Å². The third kappa shape index (κ3) is 1.99. The van der Waals surface area contributed by atoms with Crippen LogP contribution in [0.25, 0.3) is 16.9 Å². The number of fused-ring (bicyclic) bond motifs is 1. The minimum Gasteiger partial charge on any atom is -0.296 e. The number of hydrogen-bond donors (Lipinski definition) is 0. The fourth-order valence-electron chi connectivity index (χ4n) is 1.93. The molecule has 0 spiro atoms. The maximum atomic E-state index is 11.3. The Hall–Kier alpha value is -1.91. The predicted molar refractivity (Wildman–Crippen MR) is 73.8 cm³/mol. The molecule has 3 rings (SSSR count). The molecule has 3 aromatic heterocycles. The van der Waals surface area contributed by atoms with Crippen molar-refractivity contribution in [3.8, 4) is 11.3 Å². The Kier molecular flexibility index (Phi) is 2.97. The standard InChI is InChI=1S/C13H7Cl2N3O/c14-9-5-10(15)13-17-12(8-1-3-16-4-2-8)11(7-19)18(13)6-9/h1-7H. The maximum Gasteiger partial charge on any atom is 0.169 e. The van der Waals surface area contributed by atoms with Crippen LogP contribution in [0.4, 0.5) is 0 Å². The van der Waals surface area contributed by atoms with E-state index < -0.39 is 0 Å². The average Bonchev–Trinajstić information content (AvgIpc) is 2.78. The molecule has 0 saturated heterocycles. The summed E-state index contributed by atoms with van der Waals surface area (Å²) in [7, 11) is 0. The zero-order valence-corrected chi connectivity index (χ0v) is 11.1. The fourth-order valence-corrected chi connectivity index (χ4v) is 2.44. The van der Waals surface area contributed by atoms with Crippen molar-refractivity contribution in [3.05, 3.63) is 52.5 Å². The first-order chi connectivity index (χ1) is 9.20. The molecule has 0 atom stereocenters. The number of carbonyl (C=O) groups excluding carboxylic acids is 1. The first-order valence-corrected chi connectivity index (χ1v) is 6.19. The molecule has 4 nitrogen and oxygen atoms in total. The SMILES string of the molecule is O=Cc1c(-c2ccncc2)nc2c(Cl)cc(Cl)cn12. The molecule has 0 aliphatic rings. The number of rotatable bonds is 2. The van der Waals surface area contributed by atoms with Gasteiger partial charge in [0.2, 0.25) is 0 Å². The van der Waals surface area contributed by atoms with Crippen molar-refractivity contribution >= 4 is 35.1 Å². The highest BCUT2D eigenvalue weighted by Gasteiger charge is 2.15. The van der Waals surface area contributed by atoms with E-state index in [2.05, 4.69) is 9.97 Å². The molecule has 0 saturated carbocycles. The van der Waals surface area contributed by atoms with Crippen LogP contribution < -0.4 is 0 Å². The zero-order chi connectivity index (χ0) is 13.4. The Morgan fingerprint density at radius 3 is 2.63 bits per heavy atom. The van der Waals surface area contributed by atoms with Gasteiger partial charge in [-0.15, -0.1) is 0 Å². The van der Waals surface area contributed by atoms with Gasteiger partial charge in [-0.05, 0) is 18.2 Å². The highest BCUT2D eigenvalue weighted by Crippen LogP contribution is 2.28. The van der Waals surface area contributed by atoms with Crippen molar-refractivity contribution in [1.82, 2.24) is 14.4 Å². The highest BCUT2D eigenvalue weighted by molar-refractivity contribution is 6.36. The zero-order valence-electron chi connectivity index (χ0n) is 9.55. The Bertz CT molecular complexity index is 768. The van der Waals surface area contributed by atoms with Gasteiger partial charge in [-0.1, -0.05) is 23.2 Å². The number of pyridine rings is 2. The topological polar surface area (TPSA) is 47.3 Å². The largest absolute Gasteiger partial charge is 0.296 e. The van der Waals surface area contributed by atoms with Gasteiger partial charge in [-0.2, -0.15) is 0 Å². The van der Waals surface area contributed by atoms with E-state index in [9.17, 15) is 4.79 Å². The van der Waals surface area contributed by atoms with Gasteiger partial charge >= 0.3 is 0 Å². The first kappa shape index (κ1) is 12.1. The Balaban J connectivity index is 2.38. The number of imidazole rings is 1. The predicted octanol–water partition coefficient (Wildman–Crippen LogP) is 3.52. The number of carbonyl (C=O) groups is 1. The molecule has 0 fully saturated rings. The van der Waals surface area contributed by atoms with Gasteiger partial charge in [-0.3, -0.25) is 14.2 Å². The Morgan fingerprint density at radius 2 is 1.95 bits per heavy atom. The van der Waals surface area contributed by atoms with Crippen LogP contribution in [0.3, 0.4) is 0 Å². The van der Waals surface area contributed by atoms with E-state index in [1.54, 1.807) is 41.2 Å². The summed E-state index contributed by atoms with van der Waals surface area (Å²) in [5.74, 6) is 0. The number of aromatic nitrogens is 3. The molecule has 0 unspecified atom stereocenters. The summed E-state index contributed by atoms with van der Waals surface area (Å²) in [6.07, 6.45) is 5.64. The molecule has 0 aliphatic carbocycles. The van der Waals surface area contributed by atoms with Gasteiger partial charge in [0.05, 0.1) is 10.0 Å². The molecule has 6 heteroatoms. The maximum absolute atomic E-state index is 11.3. The summed E-state index contributed by atoms with van der Waals surface area (Å²) < 4.78 is 1.59. The molecular formula is C13H7Cl2N3O. The van der Waals surface area contributed by atoms with E-state index in [0.717, 1.165) is 11.8 Å². The monoisotopic (exact) mass is 291 g/mol. The van der Waals surface area contributed by atoms with Crippen LogP contribution in [-0.4, -0.2) is 20.7 Å². The fraction of sp³-hybridized carbons (Fsp3) is 0. The van der Waals surface area contributed by atoms with Gasteiger partial charge in [0, 0.05) is 24.2 Å². The van der Waals surface area contributed by atoms with Crippen LogP contribution in [0.1, 0.15) is 10.5 Å². The molecule has 3 heterocycles. The number of hydrogen-bond acceptors (Lipinski definition) is 3. The average molecular weight is 292 g/mol. The summed E-state index contributed by atoms with van der Waals surface area (Å²) in [5.41, 5.74) is 2.26. The van der Waals surface area contributed by atoms with E-state index in [1.807, 2.05) is 0 Å². The second-order valence-corrected chi connectivity index (χ2v) is 4.74. The summed E-state index contributed by atoms with van der Waals surface area (Å²) in [6, 6.07) is 5.16. The Labute approximate surface area is 118 Å². The van der Waals surface area contributed by atoms with E-state index in [-0.39, 0.29) is 0 Å². The van der Waals surface area contributed by atoms with Crippen molar-refractivity contribution < 1.29 is 4.79 Å². The molecule has 0 N–H and O–H groups in total. The van der Waals surface area contributed by atoms with Crippen molar-refractivity contribution in [2.24, 2.45) is 0 Å². The summed E-state index contributed by atoms with van der Waals surface area (Å²) in [6.45, 7) is 0. The van der Waals surface area contributed by atoms with E-state index in [1.165, 1.54) is 0 Å². The van der Waals surface area contributed by atoms with Gasteiger partial charge in [0.25, 0.3) is 0 Å². The lowest BCUT2D eigenvalue weighted by Crippen LogP contribution is -1.92. The third-order valence-corrected chi connectivity index (χ3v) is 3.23. The van der Waals surface area contributed by atoms with Gasteiger partial charge in [-0.25, -0.2) is 4.98 Å². The quantitative estimate of drug-likeness (QED) is 0.679. The van der Waals surface area contributed by atoms with E-state index in [4.69, 9.17) is 23.2 Å². The highest BCUT2D eigenvalue weighted by atomic mass is 35.5. The number of nitrogens with zero attached hydrogens (tertiary/aromatic N) is 3. The second-order valence-electron chi connectivity index (χ2n) is 3.90. The van der Waals surface area contributed by atoms with Crippen LogP contribution >= 0.6 is 23.2 Å². The van der Waals surface area contributed by atoms with Gasteiger partial charge in [0.1, 0.15) is 11.4 Å². The third-order valence-electron chi connectivity index (χ3n) is 2.74. The van der Waals surface area contributed by atoms with Crippen molar-refractivity contribution in [2.45, 2.75) is 0 Å². The van der Waals surface area contributed by atoms with E-state index in [0.29, 0.717) is 27.1 Å². The number of aldehydes is 1. The lowest BCUT2D eigenvalue weighted by molar-refractivity contribution is 0.111. The van der Waals surface area contributed by atoms with Gasteiger partial charge < -0.3 is 0 Å². The molecule has 0 aromatic carbocycles. The van der Waals surface area contributed by atoms with E-state index >= 15 is 0 Å². The first-order valence-electron chi connectivity index (χ1n) is 5.43. The lowest BCUT2D eigenvalue weighted by Gasteiger charge is -1.99. The number of halogens is 2. The van der Waals surface area contributed by atoms with Crippen LogP contribution in [-0.2, 0) is 0 Å². The second kappa shape index (κ2) is 4.64. The van der Waals surface area contributed by atoms with Crippen molar-refractivity contribution in [2.75, 3.05) is 0 Å². The minimum atomic E-state index is 0.399. The molecule has 0 bridgehead atoms. The molecule has 3 aromatic rings. The summed E-state index contributed by atoms with van der Waals surface area (Å²) in [4.78, 5) is 19.7. The molecule has 94 valence electrons.